The first-order chi connectivity index (χ1) is 6.06. The van der Waals surface area contributed by atoms with E-state index >= 15 is 0 Å². The Hall–Kier alpha value is -1.16. The number of hydrogen-bond donors (Lipinski definition) is 2. The van der Waals surface area contributed by atoms with Crippen LogP contribution in [0.4, 0.5) is 8.78 Å². The molecule has 0 aliphatic rings. The van der Waals surface area contributed by atoms with Crippen molar-refractivity contribution in [1.29, 1.82) is 0 Å². The summed E-state index contributed by atoms with van der Waals surface area (Å²) in [5.74, 6) is -3.27. The van der Waals surface area contributed by atoms with E-state index in [0.717, 1.165) is 6.07 Å². The normalized spacial score (nSPS) is 11.6. The molecule has 0 spiro atoms. The van der Waals surface area contributed by atoms with Crippen molar-refractivity contribution in [3.8, 4) is 5.75 Å². The predicted octanol–water partition coefficient (Wildman–Crippen LogP) is 1.87. The summed E-state index contributed by atoms with van der Waals surface area (Å²) in [6.45, 7) is -0.581. The number of alkyl halides is 2. The summed E-state index contributed by atoms with van der Waals surface area (Å²) in [7, 11) is 0. The first-order valence-electron chi connectivity index (χ1n) is 3.84. The monoisotopic (exact) mass is 188 g/mol. The average Bonchev–Trinajstić information content (AvgIpc) is 2.04. The van der Waals surface area contributed by atoms with Gasteiger partial charge in [-0.25, -0.2) is 8.78 Å². The van der Waals surface area contributed by atoms with Crippen LogP contribution in [0.1, 0.15) is 12.0 Å². The molecule has 0 radical (unpaired) electrons. The van der Waals surface area contributed by atoms with Crippen molar-refractivity contribution in [3.63, 3.8) is 0 Å². The van der Waals surface area contributed by atoms with Crippen LogP contribution in [0.15, 0.2) is 24.3 Å². The molecule has 0 aromatic heterocycles. The number of phenolic OH excluding ortho intramolecular Hbond substituents is 1. The Morgan fingerprint density at radius 3 is 2.54 bits per heavy atom. The van der Waals surface area contributed by atoms with Crippen molar-refractivity contribution in [2.24, 2.45) is 0 Å². The van der Waals surface area contributed by atoms with Crippen LogP contribution >= 0.6 is 0 Å². The quantitative estimate of drug-likeness (QED) is 0.760. The third-order valence-electron chi connectivity index (χ3n) is 1.69. The fourth-order valence-electron chi connectivity index (χ4n) is 1.02. The minimum absolute atomic E-state index is 0.199. The van der Waals surface area contributed by atoms with Gasteiger partial charge in [-0.2, -0.15) is 0 Å². The molecule has 2 nitrogen and oxygen atoms in total. The van der Waals surface area contributed by atoms with Gasteiger partial charge in [0.25, 0.3) is 5.92 Å². The minimum atomic E-state index is -3.08. The molecule has 0 atom stereocenters. The van der Waals surface area contributed by atoms with Gasteiger partial charge in [-0.05, 0) is 12.1 Å². The molecule has 0 saturated heterocycles. The van der Waals surface area contributed by atoms with Crippen molar-refractivity contribution >= 4 is 0 Å². The molecule has 72 valence electrons. The van der Waals surface area contributed by atoms with Crippen LogP contribution in [0.25, 0.3) is 0 Å². The fourth-order valence-corrected chi connectivity index (χ4v) is 1.02. The second kappa shape index (κ2) is 3.70. The van der Waals surface area contributed by atoms with Crippen LogP contribution in [-0.4, -0.2) is 16.8 Å². The van der Waals surface area contributed by atoms with Crippen LogP contribution in [-0.2, 0) is 5.92 Å². The molecular weight excluding hydrogens is 178 g/mol. The highest BCUT2D eigenvalue weighted by Gasteiger charge is 2.30. The maximum Gasteiger partial charge on any atom is 0.275 e. The number of halogens is 2. The molecule has 0 aliphatic heterocycles. The summed E-state index contributed by atoms with van der Waals surface area (Å²) in [6.07, 6.45) is -0.629. The molecule has 0 heterocycles. The number of hydrogen-bond acceptors (Lipinski definition) is 2. The van der Waals surface area contributed by atoms with E-state index in [-0.39, 0.29) is 11.3 Å². The van der Waals surface area contributed by atoms with Crippen molar-refractivity contribution in [2.75, 3.05) is 6.61 Å². The standard InChI is InChI=1S/C9H10F2O2/c10-9(11,4-5-12)7-2-1-3-8(13)6-7/h1-3,6,12-13H,4-5H2. The second-order valence-electron chi connectivity index (χ2n) is 2.73. The number of aliphatic hydroxyl groups is 1. The lowest BCUT2D eigenvalue weighted by Crippen LogP contribution is -2.14. The first kappa shape index (κ1) is 9.92. The summed E-state index contributed by atoms with van der Waals surface area (Å²) < 4.78 is 26.1. The van der Waals surface area contributed by atoms with Gasteiger partial charge in [-0.15, -0.1) is 0 Å². The summed E-state index contributed by atoms with van der Waals surface area (Å²) in [5, 5.41) is 17.3. The first-order valence-corrected chi connectivity index (χ1v) is 3.84. The van der Waals surface area contributed by atoms with E-state index in [9.17, 15) is 8.78 Å². The average molecular weight is 188 g/mol. The Labute approximate surface area is 74.4 Å². The molecule has 1 aromatic rings. The molecule has 1 rings (SSSR count). The van der Waals surface area contributed by atoms with Gasteiger partial charge in [0, 0.05) is 18.6 Å². The van der Waals surface area contributed by atoms with Crippen LogP contribution in [0.3, 0.4) is 0 Å². The smallest absolute Gasteiger partial charge is 0.275 e. The van der Waals surface area contributed by atoms with Gasteiger partial charge in [-0.3, -0.25) is 0 Å². The Kier molecular flexibility index (Phi) is 2.83. The van der Waals surface area contributed by atoms with Gasteiger partial charge in [0.1, 0.15) is 5.75 Å². The highest BCUT2D eigenvalue weighted by molar-refractivity contribution is 5.29. The van der Waals surface area contributed by atoms with Gasteiger partial charge in [0.05, 0.1) is 0 Å². The van der Waals surface area contributed by atoms with E-state index in [1.807, 2.05) is 0 Å². The molecule has 1 aromatic carbocycles. The summed E-state index contributed by atoms with van der Waals surface area (Å²) in [5.41, 5.74) is -0.276. The number of benzene rings is 1. The van der Waals surface area contributed by atoms with E-state index in [4.69, 9.17) is 10.2 Å². The lowest BCUT2D eigenvalue weighted by atomic mass is 10.1. The Morgan fingerprint density at radius 1 is 1.31 bits per heavy atom. The highest BCUT2D eigenvalue weighted by Crippen LogP contribution is 2.32. The Morgan fingerprint density at radius 2 is 2.00 bits per heavy atom. The highest BCUT2D eigenvalue weighted by atomic mass is 19.3. The second-order valence-corrected chi connectivity index (χ2v) is 2.73. The van der Waals surface area contributed by atoms with Crippen LogP contribution in [0, 0.1) is 0 Å². The van der Waals surface area contributed by atoms with Gasteiger partial charge in [0.2, 0.25) is 0 Å². The molecule has 4 heteroatoms. The summed E-state index contributed by atoms with van der Waals surface area (Å²) >= 11 is 0. The van der Waals surface area contributed by atoms with E-state index in [2.05, 4.69) is 0 Å². The molecule has 0 amide bonds. The zero-order chi connectivity index (χ0) is 9.90. The number of rotatable bonds is 3. The molecule has 0 saturated carbocycles. The zero-order valence-corrected chi connectivity index (χ0v) is 6.87. The Balaban J connectivity index is 2.93. The van der Waals surface area contributed by atoms with Gasteiger partial charge in [-0.1, -0.05) is 12.1 Å². The summed E-state index contributed by atoms with van der Waals surface area (Å²) in [4.78, 5) is 0. The van der Waals surface area contributed by atoms with Crippen molar-refractivity contribution in [2.45, 2.75) is 12.3 Å². The molecule has 0 unspecified atom stereocenters. The topological polar surface area (TPSA) is 40.5 Å². The molecule has 0 aliphatic carbocycles. The number of phenols is 1. The van der Waals surface area contributed by atoms with Gasteiger partial charge < -0.3 is 10.2 Å². The zero-order valence-electron chi connectivity index (χ0n) is 6.87. The third-order valence-corrected chi connectivity index (χ3v) is 1.69. The van der Waals surface area contributed by atoms with Crippen molar-refractivity contribution in [3.05, 3.63) is 29.8 Å². The van der Waals surface area contributed by atoms with Crippen molar-refractivity contribution in [1.82, 2.24) is 0 Å². The van der Waals surface area contributed by atoms with E-state index in [1.165, 1.54) is 18.2 Å². The van der Waals surface area contributed by atoms with Gasteiger partial charge >= 0.3 is 0 Å². The predicted molar refractivity (Wildman–Crippen MR) is 43.7 cm³/mol. The fraction of sp³-hybridized carbons (Fsp3) is 0.333. The van der Waals surface area contributed by atoms with Crippen LogP contribution in [0.2, 0.25) is 0 Å². The maximum absolute atomic E-state index is 13.1. The Bertz CT molecular complexity index is 287. The SMILES string of the molecule is OCCC(F)(F)c1cccc(O)c1. The number of aromatic hydroxyl groups is 1. The molecule has 2 N–H and O–H groups in total. The third kappa shape index (κ3) is 2.39. The minimum Gasteiger partial charge on any atom is -0.508 e. The lowest BCUT2D eigenvalue weighted by molar-refractivity contribution is -0.0271. The summed E-state index contributed by atoms with van der Waals surface area (Å²) in [6, 6.07) is 4.87. The van der Waals surface area contributed by atoms with E-state index < -0.39 is 19.0 Å². The molecule has 0 fully saturated rings. The van der Waals surface area contributed by atoms with Crippen molar-refractivity contribution < 1.29 is 19.0 Å². The van der Waals surface area contributed by atoms with Crippen LogP contribution in [0.5, 0.6) is 5.75 Å². The maximum atomic E-state index is 13.1. The lowest BCUT2D eigenvalue weighted by Gasteiger charge is -2.15. The number of aliphatic hydroxyl groups excluding tert-OH is 1. The largest absolute Gasteiger partial charge is 0.508 e. The van der Waals surface area contributed by atoms with Crippen LogP contribution < -0.4 is 0 Å². The molecule has 13 heavy (non-hydrogen) atoms. The molecular formula is C9H10F2O2. The van der Waals surface area contributed by atoms with Gasteiger partial charge in [0.15, 0.2) is 0 Å². The van der Waals surface area contributed by atoms with E-state index in [1.54, 1.807) is 0 Å². The molecule has 0 bridgehead atoms. The van der Waals surface area contributed by atoms with E-state index in [0.29, 0.717) is 0 Å².